The number of nitrogens with zero attached hydrogens (tertiary/aromatic N) is 1. The van der Waals surface area contributed by atoms with Crippen LogP contribution in [0, 0.1) is 11.3 Å². The number of nitrogen functional groups attached to an aromatic ring is 1. The van der Waals surface area contributed by atoms with Crippen LogP contribution >= 0.6 is 11.3 Å². The number of carbonyl (C=O) groups excluding carboxylic acids is 2. The highest BCUT2D eigenvalue weighted by atomic mass is 32.1. The molecule has 0 spiro atoms. The third-order valence-electron chi connectivity index (χ3n) is 4.50. The summed E-state index contributed by atoms with van der Waals surface area (Å²) in [6.45, 7) is 2.82. The minimum absolute atomic E-state index is 0.107. The maximum absolute atomic E-state index is 12.4. The summed E-state index contributed by atoms with van der Waals surface area (Å²) in [5.41, 5.74) is 6.51. The fourth-order valence-electron chi connectivity index (χ4n) is 2.98. The highest BCUT2D eigenvalue weighted by molar-refractivity contribution is 7.18. The summed E-state index contributed by atoms with van der Waals surface area (Å²) in [6.07, 6.45) is 2.13. The molecule has 0 bridgehead atoms. The number of esters is 2. The summed E-state index contributed by atoms with van der Waals surface area (Å²) >= 11 is 0.942. The van der Waals surface area contributed by atoms with Crippen LogP contribution < -0.4 is 10.5 Å². The molecule has 2 N–H and O–H groups in total. The standard InChI is InChI=1S/C21H22N2O6S/c1-2-26-21(25)18-17(16(10-22)19(23)30-18)12-29-20(24)13-5-7-14(8-6-13)28-11-15-4-3-9-27-15/h5-8,15H,2-4,9,11-12,23H2,1H3/t15-/m1/s1. The van der Waals surface area contributed by atoms with Crippen molar-refractivity contribution in [3.05, 3.63) is 45.8 Å². The molecule has 1 aliphatic heterocycles. The predicted octanol–water partition coefficient (Wildman–Crippen LogP) is 3.29. The number of anilines is 1. The van der Waals surface area contributed by atoms with Gasteiger partial charge in [0.25, 0.3) is 0 Å². The highest BCUT2D eigenvalue weighted by Crippen LogP contribution is 2.32. The summed E-state index contributed by atoms with van der Waals surface area (Å²) < 4.78 is 21.5. The molecule has 0 saturated carbocycles. The predicted molar refractivity (Wildman–Crippen MR) is 109 cm³/mol. The first-order chi connectivity index (χ1) is 14.5. The Bertz CT molecular complexity index is 942. The zero-order valence-electron chi connectivity index (χ0n) is 16.5. The minimum atomic E-state index is -0.602. The van der Waals surface area contributed by atoms with E-state index < -0.39 is 11.9 Å². The lowest BCUT2D eigenvalue weighted by Gasteiger charge is -2.11. The molecular formula is C21H22N2O6S. The maximum atomic E-state index is 12.4. The van der Waals surface area contributed by atoms with Crippen molar-refractivity contribution >= 4 is 28.3 Å². The molecule has 30 heavy (non-hydrogen) atoms. The maximum Gasteiger partial charge on any atom is 0.348 e. The summed E-state index contributed by atoms with van der Waals surface area (Å²) in [7, 11) is 0. The van der Waals surface area contributed by atoms with Crippen molar-refractivity contribution in [3.63, 3.8) is 0 Å². The molecule has 1 aromatic carbocycles. The molecule has 0 amide bonds. The molecule has 1 fully saturated rings. The Morgan fingerprint density at radius 3 is 2.67 bits per heavy atom. The smallest absolute Gasteiger partial charge is 0.348 e. The van der Waals surface area contributed by atoms with E-state index in [0.29, 0.717) is 17.9 Å². The third-order valence-corrected chi connectivity index (χ3v) is 5.55. The van der Waals surface area contributed by atoms with Crippen molar-refractivity contribution in [2.45, 2.75) is 32.5 Å². The van der Waals surface area contributed by atoms with Gasteiger partial charge >= 0.3 is 11.9 Å². The number of rotatable bonds is 8. The molecule has 2 heterocycles. The SMILES string of the molecule is CCOC(=O)c1sc(N)c(C#N)c1COC(=O)c1ccc(OC[C@H]2CCCO2)cc1. The van der Waals surface area contributed by atoms with Gasteiger partial charge in [-0.25, -0.2) is 9.59 Å². The highest BCUT2D eigenvalue weighted by Gasteiger charge is 2.24. The van der Waals surface area contributed by atoms with Gasteiger partial charge in [-0.15, -0.1) is 11.3 Å². The van der Waals surface area contributed by atoms with Gasteiger partial charge in [0, 0.05) is 12.2 Å². The number of nitrogens with two attached hydrogens (primary N) is 1. The summed E-state index contributed by atoms with van der Waals surface area (Å²) in [5.74, 6) is -0.567. The van der Waals surface area contributed by atoms with Gasteiger partial charge in [0.2, 0.25) is 0 Å². The van der Waals surface area contributed by atoms with Crippen LogP contribution in [-0.2, 0) is 20.8 Å². The Balaban J connectivity index is 1.62. The van der Waals surface area contributed by atoms with E-state index in [4.69, 9.17) is 24.7 Å². The normalized spacial score (nSPS) is 15.4. The number of hydrogen-bond acceptors (Lipinski definition) is 9. The van der Waals surface area contributed by atoms with Crippen molar-refractivity contribution in [2.75, 3.05) is 25.6 Å². The lowest BCUT2D eigenvalue weighted by molar-refractivity contribution is 0.0452. The van der Waals surface area contributed by atoms with Crippen molar-refractivity contribution in [3.8, 4) is 11.8 Å². The quantitative estimate of drug-likeness (QED) is 0.633. The van der Waals surface area contributed by atoms with E-state index in [1.54, 1.807) is 31.2 Å². The topological polar surface area (TPSA) is 121 Å². The summed E-state index contributed by atoms with van der Waals surface area (Å²) in [6, 6.07) is 8.49. The average molecular weight is 430 g/mol. The Morgan fingerprint density at radius 1 is 1.27 bits per heavy atom. The first kappa shape index (κ1) is 21.6. The second-order valence-electron chi connectivity index (χ2n) is 6.53. The molecule has 8 nitrogen and oxygen atoms in total. The third kappa shape index (κ3) is 5.09. The van der Waals surface area contributed by atoms with Crippen molar-refractivity contribution in [1.82, 2.24) is 0 Å². The van der Waals surface area contributed by atoms with Gasteiger partial charge < -0.3 is 24.7 Å². The number of benzene rings is 1. The van der Waals surface area contributed by atoms with Crippen molar-refractivity contribution in [1.29, 1.82) is 5.26 Å². The fraction of sp³-hybridized carbons (Fsp3) is 0.381. The first-order valence-electron chi connectivity index (χ1n) is 9.53. The zero-order chi connectivity index (χ0) is 21.5. The van der Waals surface area contributed by atoms with Crippen LogP contribution in [0.1, 0.15) is 50.9 Å². The number of nitriles is 1. The average Bonchev–Trinajstić information content (AvgIpc) is 3.38. The molecule has 158 valence electrons. The zero-order valence-corrected chi connectivity index (χ0v) is 17.3. The number of carbonyl (C=O) groups is 2. The molecule has 3 rings (SSSR count). The largest absolute Gasteiger partial charge is 0.491 e. The molecule has 2 aromatic rings. The van der Waals surface area contributed by atoms with Crippen LogP contribution in [0.5, 0.6) is 5.75 Å². The van der Waals surface area contributed by atoms with Crippen LogP contribution in [0.15, 0.2) is 24.3 Å². The van der Waals surface area contributed by atoms with Crippen LogP contribution in [0.2, 0.25) is 0 Å². The van der Waals surface area contributed by atoms with E-state index in [-0.39, 0.29) is 40.3 Å². The molecule has 1 saturated heterocycles. The van der Waals surface area contributed by atoms with E-state index in [0.717, 1.165) is 30.8 Å². The second-order valence-corrected chi connectivity index (χ2v) is 7.58. The molecule has 0 aliphatic carbocycles. The first-order valence-corrected chi connectivity index (χ1v) is 10.3. The van der Waals surface area contributed by atoms with Gasteiger partial charge in [0.15, 0.2) is 0 Å². The minimum Gasteiger partial charge on any atom is -0.491 e. The van der Waals surface area contributed by atoms with Gasteiger partial charge in [0.05, 0.1) is 23.8 Å². The van der Waals surface area contributed by atoms with E-state index >= 15 is 0 Å². The number of ether oxygens (including phenoxy) is 4. The van der Waals surface area contributed by atoms with Gasteiger partial charge in [-0.2, -0.15) is 5.26 Å². The molecule has 0 radical (unpaired) electrons. The van der Waals surface area contributed by atoms with Crippen LogP contribution in [0.4, 0.5) is 5.00 Å². The van der Waals surface area contributed by atoms with Crippen LogP contribution in [-0.4, -0.2) is 37.9 Å². The fourth-order valence-corrected chi connectivity index (χ4v) is 3.90. The Labute approximate surface area is 178 Å². The van der Waals surface area contributed by atoms with Crippen molar-refractivity contribution in [2.24, 2.45) is 0 Å². The molecular weight excluding hydrogens is 408 g/mol. The van der Waals surface area contributed by atoms with Crippen LogP contribution in [0.25, 0.3) is 0 Å². The Kier molecular flexibility index (Phi) is 7.27. The molecule has 0 unspecified atom stereocenters. The van der Waals surface area contributed by atoms with Gasteiger partial charge in [-0.3, -0.25) is 0 Å². The number of thiophene rings is 1. The molecule has 9 heteroatoms. The van der Waals surface area contributed by atoms with Crippen LogP contribution in [0.3, 0.4) is 0 Å². The Hall–Kier alpha value is -3.09. The molecule has 1 aliphatic rings. The van der Waals surface area contributed by atoms with Gasteiger partial charge in [-0.1, -0.05) is 0 Å². The van der Waals surface area contributed by atoms with E-state index in [1.807, 2.05) is 6.07 Å². The summed E-state index contributed by atoms with van der Waals surface area (Å²) in [4.78, 5) is 24.7. The van der Waals surface area contributed by atoms with Crippen molar-refractivity contribution < 1.29 is 28.5 Å². The van der Waals surface area contributed by atoms with Gasteiger partial charge in [-0.05, 0) is 44.0 Å². The van der Waals surface area contributed by atoms with E-state index in [9.17, 15) is 14.9 Å². The lowest BCUT2D eigenvalue weighted by Crippen LogP contribution is -2.16. The summed E-state index contributed by atoms with van der Waals surface area (Å²) in [5, 5.41) is 9.51. The molecule has 1 atom stereocenters. The number of hydrogen-bond donors (Lipinski definition) is 1. The monoisotopic (exact) mass is 430 g/mol. The molecule has 1 aromatic heterocycles. The van der Waals surface area contributed by atoms with Gasteiger partial charge in [0.1, 0.15) is 34.9 Å². The van der Waals surface area contributed by atoms with E-state index in [2.05, 4.69) is 0 Å². The van der Waals surface area contributed by atoms with E-state index in [1.165, 1.54) is 0 Å². The Morgan fingerprint density at radius 2 is 2.03 bits per heavy atom. The lowest BCUT2D eigenvalue weighted by atomic mass is 10.1. The second kappa shape index (κ2) is 10.1.